The summed E-state index contributed by atoms with van der Waals surface area (Å²) in [5.41, 5.74) is 4.56. The van der Waals surface area contributed by atoms with Crippen LogP contribution in [-0.4, -0.2) is 29.8 Å². The number of anilines is 1. The van der Waals surface area contributed by atoms with Gasteiger partial charge in [-0.25, -0.2) is 0 Å². The fraction of sp³-hybridized carbons (Fsp3) is 0.333. The summed E-state index contributed by atoms with van der Waals surface area (Å²) in [7, 11) is 2.10. The lowest BCUT2D eigenvalue weighted by molar-refractivity contribution is 0.0642. The lowest BCUT2D eigenvalue weighted by Crippen LogP contribution is -2.36. The molecule has 0 spiro atoms. The van der Waals surface area contributed by atoms with Crippen molar-refractivity contribution < 1.29 is 9.59 Å². The second-order valence-electron chi connectivity index (χ2n) is 7.60. The number of carbonyl (C=O) groups excluding carboxylic acids is 2. The smallest absolute Gasteiger partial charge is 0.261 e. The van der Waals surface area contributed by atoms with Gasteiger partial charge in [-0.3, -0.25) is 14.5 Å². The van der Waals surface area contributed by atoms with E-state index in [0.29, 0.717) is 23.7 Å². The standard InChI is InChI=1S/C21H22N2O2/c1-13-21(2,3)17-10-9-14(11-18(17)22(13)4)12-23-19(24)15-7-5-6-8-16(15)20(23)25/h5-11,13H,12H2,1-4H3. The molecule has 128 valence electrons. The van der Waals surface area contributed by atoms with Crippen LogP contribution >= 0.6 is 0 Å². The molecule has 2 aliphatic rings. The third-order valence-corrected chi connectivity index (χ3v) is 5.98. The van der Waals surface area contributed by atoms with Crippen LogP contribution in [0.5, 0.6) is 0 Å². The molecule has 4 heteroatoms. The Morgan fingerprint density at radius 1 is 1.00 bits per heavy atom. The van der Waals surface area contributed by atoms with Gasteiger partial charge < -0.3 is 4.90 Å². The van der Waals surface area contributed by atoms with Gasteiger partial charge in [-0.15, -0.1) is 0 Å². The summed E-state index contributed by atoms with van der Waals surface area (Å²) >= 11 is 0. The topological polar surface area (TPSA) is 40.6 Å². The normalized spacial score (nSPS) is 20.9. The molecule has 0 saturated heterocycles. The van der Waals surface area contributed by atoms with Crippen LogP contribution in [0.25, 0.3) is 0 Å². The molecule has 0 bridgehead atoms. The van der Waals surface area contributed by atoms with E-state index in [2.05, 4.69) is 44.9 Å². The van der Waals surface area contributed by atoms with Crippen molar-refractivity contribution in [3.63, 3.8) is 0 Å². The largest absolute Gasteiger partial charge is 0.371 e. The van der Waals surface area contributed by atoms with E-state index in [1.807, 2.05) is 6.07 Å². The predicted octanol–water partition coefficient (Wildman–Crippen LogP) is 3.60. The van der Waals surface area contributed by atoms with Gasteiger partial charge in [-0.1, -0.05) is 38.1 Å². The highest BCUT2D eigenvalue weighted by molar-refractivity contribution is 6.21. The van der Waals surface area contributed by atoms with Gasteiger partial charge in [0.1, 0.15) is 0 Å². The monoisotopic (exact) mass is 334 g/mol. The Balaban J connectivity index is 1.66. The first-order valence-corrected chi connectivity index (χ1v) is 8.64. The van der Waals surface area contributed by atoms with Crippen LogP contribution in [0, 0.1) is 0 Å². The zero-order valence-electron chi connectivity index (χ0n) is 15.0. The molecular weight excluding hydrogens is 312 g/mol. The predicted molar refractivity (Wildman–Crippen MR) is 98.0 cm³/mol. The average molecular weight is 334 g/mol. The Hall–Kier alpha value is -2.62. The molecular formula is C21H22N2O2. The second kappa shape index (κ2) is 5.19. The molecule has 4 rings (SSSR count). The Labute approximate surface area is 148 Å². The molecule has 0 aliphatic carbocycles. The molecule has 2 aromatic carbocycles. The number of imide groups is 1. The Morgan fingerprint density at radius 2 is 1.60 bits per heavy atom. The van der Waals surface area contributed by atoms with Crippen molar-refractivity contribution in [2.75, 3.05) is 11.9 Å². The zero-order valence-corrected chi connectivity index (χ0v) is 15.0. The first kappa shape index (κ1) is 15.9. The first-order valence-electron chi connectivity index (χ1n) is 8.64. The van der Waals surface area contributed by atoms with Crippen LogP contribution in [0.1, 0.15) is 52.6 Å². The molecule has 2 aliphatic heterocycles. The van der Waals surface area contributed by atoms with E-state index >= 15 is 0 Å². The van der Waals surface area contributed by atoms with Crippen molar-refractivity contribution in [3.05, 3.63) is 64.7 Å². The van der Waals surface area contributed by atoms with Crippen LogP contribution < -0.4 is 4.90 Å². The van der Waals surface area contributed by atoms with E-state index in [1.54, 1.807) is 24.3 Å². The maximum absolute atomic E-state index is 12.6. The summed E-state index contributed by atoms with van der Waals surface area (Å²) in [6, 6.07) is 13.7. The summed E-state index contributed by atoms with van der Waals surface area (Å²) in [6.07, 6.45) is 0. The lowest BCUT2D eigenvalue weighted by atomic mass is 9.81. The number of likely N-dealkylation sites (N-methyl/N-ethyl adjacent to an activating group) is 1. The van der Waals surface area contributed by atoms with Crippen LogP contribution in [0.3, 0.4) is 0 Å². The van der Waals surface area contributed by atoms with Gasteiger partial charge in [-0.2, -0.15) is 0 Å². The summed E-state index contributed by atoms with van der Waals surface area (Å²) in [5.74, 6) is -0.411. The maximum atomic E-state index is 12.6. The van der Waals surface area contributed by atoms with E-state index in [1.165, 1.54) is 16.2 Å². The molecule has 4 nitrogen and oxygen atoms in total. The minimum Gasteiger partial charge on any atom is -0.371 e. The minimum absolute atomic E-state index is 0.0815. The fourth-order valence-corrected chi connectivity index (χ4v) is 4.00. The molecule has 2 heterocycles. The maximum Gasteiger partial charge on any atom is 0.261 e. The van der Waals surface area contributed by atoms with Crippen molar-refractivity contribution in [3.8, 4) is 0 Å². The van der Waals surface area contributed by atoms with Gasteiger partial charge in [0.25, 0.3) is 11.8 Å². The van der Waals surface area contributed by atoms with E-state index in [9.17, 15) is 9.59 Å². The summed E-state index contributed by atoms with van der Waals surface area (Å²) in [5, 5.41) is 0. The quantitative estimate of drug-likeness (QED) is 0.788. The first-order chi connectivity index (χ1) is 11.8. The van der Waals surface area contributed by atoms with Crippen LogP contribution in [0.15, 0.2) is 42.5 Å². The number of nitrogens with zero attached hydrogens (tertiary/aromatic N) is 2. The van der Waals surface area contributed by atoms with Gasteiger partial charge >= 0.3 is 0 Å². The molecule has 0 fully saturated rings. The number of carbonyl (C=O) groups is 2. The molecule has 2 aromatic rings. The summed E-state index contributed by atoms with van der Waals surface area (Å²) in [6.45, 7) is 7.04. The number of fused-ring (bicyclic) bond motifs is 2. The van der Waals surface area contributed by atoms with Crippen molar-refractivity contribution >= 4 is 17.5 Å². The van der Waals surface area contributed by atoms with Gasteiger partial charge in [0, 0.05) is 24.2 Å². The average Bonchev–Trinajstić information content (AvgIpc) is 2.94. The van der Waals surface area contributed by atoms with Crippen LogP contribution in [-0.2, 0) is 12.0 Å². The van der Waals surface area contributed by atoms with Gasteiger partial charge in [-0.05, 0) is 36.2 Å². The second-order valence-corrected chi connectivity index (χ2v) is 7.60. The van der Waals surface area contributed by atoms with E-state index in [-0.39, 0.29) is 17.2 Å². The highest BCUT2D eigenvalue weighted by Crippen LogP contribution is 2.44. The van der Waals surface area contributed by atoms with Crippen molar-refractivity contribution in [1.29, 1.82) is 0 Å². The molecule has 1 atom stereocenters. The number of hydrogen-bond donors (Lipinski definition) is 0. The third-order valence-electron chi connectivity index (χ3n) is 5.98. The number of rotatable bonds is 2. The minimum atomic E-state index is -0.205. The zero-order chi connectivity index (χ0) is 17.9. The highest BCUT2D eigenvalue weighted by atomic mass is 16.2. The van der Waals surface area contributed by atoms with Gasteiger partial charge in [0.15, 0.2) is 0 Å². The molecule has 1 unspecified atom stereocenters. The molecule has 25 heavy (non-hydrogen) atoms. The van der Waals surface area contributed by atoms with Crippen molar-refractivity contribution in [2.24, 2.45) is 0 Å². The van der Waals surface area contributed by atoms with E-state index in [0.717, 1.165) is 5.56 Å². The van der Waals surface area contributed by atoms with Gasteiger partial charge in [0.05, 0.1) is 17.7 Å². The highest BCUT2D eigenvalue weighted by Gasteiger charge is 2.40. The molecule has 0 N–H and O–H groups in total. The Morgan fingerprint density at radius 3 is 2.20 bits per heavy atom. The number of amides is 2. The molecule has 0 saturated carbocycles. The van der Waals surface area contributed by atoms with Gasteiger partial charge in [0.2, 0.25) is 0 Å². The lowest BCUT2D eigenvalue weighted by Gasteiger charge is -2.28. The summed E-state index contributed by atoms with van der Waals surface area (Å²) in [4.78, 5) is 28.7. The van der Waals surface area contributed by atoms with E-state index in [4.69, 9.17) is 0 Å². The van der Waals surface area contributed by atoms with Crippen molar-refractivity contribution in [2.45, 2.75) is 38.8 Å². The Bertz CT molecular complexity index is 866. The number of hydrogen-bond acceptors (Lipinski definition) is 3. The molecule has 2 amide bonds. The van der Waals surface area contributed by atoms with Crippen LogP contribution in [0.2, 0.25) is 0 Å². The fourth-order valence-electron chi connectivity index (χ4n) is 4.00. The summed E-state index contributed by atoms with van der Waals surface area (Å²) < 4.78 is 0. The molecule has 0 radical (unpaired) electrons. The molecule has 0 aromatic heterocycles. The Kier molecular flexibility index (Phi) is 3.29. The van der Waals surface area contributed by atoms with Crippen molar-refractivity contribution in [1.82, 2.24) is 4.90 Å². The SMILES string of the molecule is CC1N(C)c2cc(CN3C(=O)c4ccccc4C3=O)ccc2C1(C)C. The van der Waals surface area contributed by atoms with E-state index < -0.39 is 0 Å². The number of benzene rings is 2. The third kappa shape index (κ3) is 2.13. The van der Waals surface area contributed by atoms with Crippen LogP contribution in [0.4, 0.5) is 5.69 Å².